The van der Waals surface area contributed by atoms with Crippen LogP contribution in [0, 0.1) is 5.92 Å². The Bertz CT molecular complexity index is 301. The van der Waals surface area contributed by atoms with Gasteiger partial charge >= 0.3 is 6.09 Å². The van der Waals surface area contributed by atoms with Crippen LogP contribution in [0.4, 0.5) is 4.79 Å². The van der Waals surface area contributed by atoms with Gasteiger partial charge in [0.15, 0.2) is 0 Å². The zero-order chi connectivity index (χ0) is 12.6. The van der Waals surface area contributed by atoms with Crippen LogP contribution in [0.15, 0.2) is 0 Å². The summed E-state index contributed by atoms with van der Waals surface area (Å²) in [7, 11) is 1.72. The molecule has 2 rings (SSSR count). The van der Waals surface area contributed by atoms with Crippen molar-refractivity contribution < 1.29 is 14.3 Å². The Kier molecular flexibility index (Phi) is 3.32. The summed E-state index contributed by atoms with van der Waals surface area (Å²) in [4.78, 5) is 11.7. The number of carbonyl (C=O) groups is 1. The van der Waals surface area contributed by atoms with Crippen molar-refractivity contribution in [2.75, 3.05) is 13.7 Å². The predicted octanol–water partition coefficient (Wildman–Crippen LogP) is 0.886. The monoisotopic (exact) mass is 242 g/mol. The fourth-order valence-corrected chi connectivity index (χ4v) is 2.77. The van der Waals surface area contributed by atoms with E-state index in [4.69, 9.17) is 9.47 Å². The Morgan fingerprint density at radius 1 is 1.41 bits per heavy atom. The van der Waals surface area contributed by atoms with Gasteiger partial charge in [-0.15, -0.1) is 0 Å². The number of hydrogen-bond donors (Lipinski definition) is 2. The van der Waals surface area contributed by atoms with Gasteiger partial charge in [-0.25, -0.2) is 4.79 Å². The van der Waals surface area contributed by atoms with E-state index in [1.807, 2.05) is 20.8 Å². The SMILES string of the molecule is CO[C@H]1CC2CNC1[C@@H]2NC(=O)OC(C)(C)C. The molecule has 1 amide bonds. The van der Waals surface area contributed by atoms with Gasteiger partial charge in [-0.3, -0.25) is 0 Å². The maximum atomic E-state index is 11.7. The first-order chi connectivity index (χ1) is 7.90. The van der Waals surface area contributed by atoms with Crippen molar-refractivity contribution in [3.05, 3.63) is 0 Å². The van der Waals surface area contributed by atoms with E-state index in [9.17, 15) is 4.79 Å². The highest BCUT2D eigenvalue weighted by Crippen LogP contribution is 2.33. The predicted molar refractivity (Wildman–Crippen MR) is 63.9 cm³/mol. The molecule has 5 heteroatoms. The van der Waals surface area contributed by atoms with E-state index < -0.39 is 5.60 Å². The molecular weight excluding hydrogens is 220 g/mol. The van der Waals surface area contributed by atoms with E-state index in [0.29, 0.717) is 5.92 Å². The highest BCUT2D eigenvalue weighted by Gasteiger charge is 2.49. The first kappa shape index (κ1) is 12.6. The number of piperidine rings is 1. The first-order valence-electron chi connectivity index (χ1n) is 6.16. The number of carbonyl (C=O) groups excluding carboxylic acids is 1. The molecule has 2 aliphatic rings. The number of fused-ring (bicyclic) bond motifs is 2. The van der Waals surface area contributed by atoms with E-state index in [1.54, 1.807) is 7.11 Å². The third-order valence-corrected chi connectivity index (χ3v) is 3.43. The fourth-order valence-electron chi connectivity index (χ4n) is 2.77. The van der Waals surface area contributed by atoms with Crippen molar-refractivity contribution in [2.24, 2.45) is 5.92 Å². The third kappa shape index (κ3) is 2.72. The van der Waals surface area contributed by atoms with E-state index >= 15 is 0 Å². The number of amides is 1. The van der Waals surface area contributed by atoms with Gasteiger partial charge in [0, 0.05) is 13.7 Å². The van der Waals surface area contributed by atoms with Crippen LogP contribution in [0.2, 0.25) is 0 Å². The summed E-state index contributed by atoms with van der Waals surface area (Å²) in [6.45, 7) is 6.55. The Morgan fingerprint density at radius 3 is 2.65 bits per heavy atom. The van der Waals surface area contributed by atoms with E-state index in [-0.39, 0.29) is 24.3 Å². The molecule has 5 nitrogen and oxygen atoms in total. The quantitative estimate of drug-likeness (QED) is 0.755. The highest BCUT2D eigenvalue weighted by atomic mass is 16.6. The standard InChI is InChI=1S/C12H22N2O3/c1-12(2,3)17-11(15)14-9-7-5-8(16-4)10(9)13-6-7/h7-10,13H,5-6H2,1-4H3,(H,14,15)/t7?,8-,9+,10?/m0/s1. The summed E-state index contributed by atoms with van der Waals surface area (Å²) in [6, 6.07) is 0.354. The molecule has 0 aromatic rings. The molecule has 1 aliphatic carbocycles. The molecule has 1 heterocycles. The highest BCUT2D eigenvalue weighted by molar-refractivity contribution is 5.68. The normalized spacial score (nSPS) is 36.0. The van der Waals surface area contributed by atoms with Gasteiger partial charge in [0.25, 0.3) is 0 Å². The summed E-state index contributed by atoms with van der Waals surface area (Å²) in [5.41, 5.74) is -0.449. The van der Waals surface area contributed by atoms with Crippen LogP contribution in [-0.2, 0) is 9.47 Å². The molecule has 17 heavy (non-hydrogen) atoms. The van der Waals surface area contributed by atoms with Crippen LogP contribution in [0.25, 0.3) is 0 Å². The summed E-state index contributed by atoms with van der Waals surface area (Å²) < 4.78 is 10.7. The van der Waals surface area contributed by atoms with Crippen LogP contribution < -0.4 is 10.6 Å². The second-order valence-corrected chi connectivity index (χ2v) is 5.88. The molecular formula is C12H22N2O3. The molecule has 0 aromatic heterocycles. The van der Waals surface area contributed by atoms with Crippen LogP contribution >= 0.6 is 0 Å². The molecule has 4 atom stereocenters. The van der Waals surface area contributed by atoms with Gasteiger partial charge < -0.3 is 20.1 Å². The molecule has 2 fully saturated rings. The Morgan fingerprint density at radius 2 is 2.12 bits per heavy atom. The largest absolute Gasteiger partial charge is 0.444 e. The van der Waals surface area contributed by atoms with Crippen molar-refractivity contribution in [3.8, 4) is 0 Å². The topological polar surface area (TPSA) is 59.6 Å². The fraction of sp³-hybridized carbons (Fsp3) is 0.917. The van der Waals surface area contributed by atoms with Crippen molar-refractivity contribution in [1.82, 2.24) is 10.6 Å². The minimum absolute atomic E-state index is 0.134. The average Bonchev–Trinajstić information content (AvgIpc) is 2.72. The van der Waals surface area contributed by atoms with Crippen molar-refractivity contribution >= 4 is 6.09 Å². The lowest BCUT2D eigenvalue weighted by atomic mass is 10.1. The Labute approximate surface area is 102 Å². The molecule has 2 unspecified atom stereocenters. The van der Waals surface area contributed by atoms with E-state index in [2.05, 4.69) is 10.6 Å². The smallest absolute Gasteiger partial charge is 0.407 e. The molecule has 0 spiro atoms. The molecule has 1 aliphatic heterocycles. The van der Waals surface area contributed by atoms with Crippen molar-refractivity contribution in [2.45, 2.75) is 51.0 Å². The van der Waals surface area contributed by atoms with Crippen LogP contribution in [0.5, 0.6) is 0 Å². The lowest BCUT2D eigenvalue weighted by Crippen LogP contribution is -2.48. The molecule has 1 saturated carbocycles. The molecule has 98 valence electrons. The number of ether oxygens (including phenoxy) is 2. The van der Waals surface area contributed by atoms with Crippen LogP contribution in [0.1, 0.15) is 27.2 Å². The van der Waals surface area contributed by atoms with Crippen molar-refractivity contribution in [3.63, 3.8) is 0 Å². The first-order valence-corrected chi connectivity index (χ1v) is 6.16. The maximum absolute atomic E-state index is 11.7. The Balaban J connectivity index is 1.90. The zero-order valence-electron chi connectivity index (χ0n) is 10.9. The average molecular weight is 242 g/mol. The zero-order valence-corrected chi connectivity index (χ0v) is 10.9. The summed E-state index contributed by atoms with van der Waals surface area (Å²) in [6.07, 6.45) is 0.876. The summed E-state index contributed by atoms with van der Waals surface area (Å²) >= 11 is 0. The van der Waals surface area contributed by atoms with Gasteiger partial charge in [0.05, 0.1) is 18.2 Å². The van der Waals surface area contributed by atoms with Crippen LogP contribution in [-0.4, -0.2) is 43.5 Å². The molecule has 0 aromatic carbocycles. The van der Waals surface area contributed by atoms with E-state index in [1.165, 1.54) is 0 Å². The second-order valence-electron chi connectivity index (χ2n) is 5.88. The van der Waals surface area contributed by atoms with Gasteiger partial charge in [-0.1, -0.05) is 0 Å². The van der Waals surface area contributed by atoms with Gasteiger partial charge in [-0.05, 0) is 33.1 Å². The van der Waals surface area contributed by atoms with Gasteiger partial charge in [0.1, 0.15) is 5.60 Å². The molecule has 1 saturated heterocycles. The molecule has 2 N–H and O–H groups in total. The minimum atomic E-state index is -0.449. The maximum Gasteiger partial charge on any atom is 0.407 e. The number of rotatable bonds is 2. The summed E-state index contributed by atoms with van der Waals surface area (Å²) in [5, 5.41) is 6.34. The lowest BCUT2D eigenvalue weighted by Gasteiger charge is -2.24. The third-order valence-electron chi connectivity index (χ3n) is 3.43. The number of methoxy groups -OCH3 is 1. The molecule has 0 radical (unpaired) electrons. The van der Waals surface area contributed by atoms with Crippen LogP contribution in [0.3, 0.4) is 0 Å². The number of hydrogen-bond acceptors (Lipinski definition) is 4. The van der Waals surface area contributed by atoms with Crippen molar-refractivity contribution in [1.29, 1.82) is 0 Å². The molecule has 2 bridgehead atoms. The van der Waals surface area contributed by atoms with Gasteiger partial charge in [0.2, 0.25) is 0 Å². The number of alkyl carbamates (subject to hydrolysis) is 1. The Hall–Kier alpha value is -0.810. The lowest BCUT2D eigenvalue weighted by molar-refractivity contribution is 0.0480. The van der Waals surface area contributed by atoms with Gasteiger partial charge in [-0.2, -0.15) is 0 Å². The summed E-state index contributed by atoms with van der Waals surface area (Å²) in [5.74, 6) is 0.456. The number of nitrogens with one attached hydrogen (secondary N) is 2. The second kappa shape index (κ2) is 4.46. The van der Waals surface area contributed by atoms with E-state index in [0.717, 1.165) is 13.0 Å². The minimum Gasteiger partial charge on any atom is -0.444 e.